The van der Waals surface area contributed by atoms with Crippen molar-refractivity contribution in [3.63, 3.8) is 0 Å². The van der Waals surface area contributed by atoms with E-state index in [0.29, 0.717) is 0 Å². The Kier molecular flexibility index (Phi) is 3.86. The Morgan fingerprint density at radius 2 is 1.31 bits per heavy atom. The first-order valence-electron chi connectivity index (χ1n) is 4.96. The second-order valence-electron chi connectivity index (χ2n) is 3.93. The van der Waals surface area contributed by atoms with Crippen molar-refractivity contribution in [1.82, 2.24) is 0 Å². The summed E-state index contributed by atoms with van der Waals surface area (Å²) in [7, 11) is 0.0262. The molecule has 0 saturated carbocycles. The minimum atomic E-state index is 0.0262. The number of rotatable bonds is 3. The summed E-state index contributed by atoms with van der Waals surface area (Å²) in [5, 5.41) is 1.58. The predicted molar refractivity (Wildman–Crippen MR) is 64.0 cm³/mol. The Labute approximate surface area is 84.7 Å². The maximum Gasteiger partial charge on any atom is -0.0121 e. The maximum atomic E-state index is 2.33. The van der Waals surface area contributed by atoms with E-state index in [4.69, 9.17) is 0 Å². The van der Waals surface area contributed by atoms with E-state index < -0.39 is 0 Å². The molecule has 13 heavy (non-hydrogen) atoms. The van der Waals surface area contributed by atoms with Crippen LogP contribution in [0.4, 0.5) is 0 Å². The van der Waals surface area contributed by atoms with Crippen LogP contribution in [0, 0.1) is 0 Å². The quantitative estimate of drug-likeness (QED) is 0.697. The molecule has 0 aliphatic heterocycles. The smallest absolute Gasteiger partial charge is 0.0121 e. The van der Waals surface area contributed by atoms with Gasteiger partial charge in [0.25, 0.3) is 0 Å². The van der Waals surface area contributed by atoms with Crippen molar-refractivity contribution in [3.05, 3.63) is 30.3 Å². The third-order valence-corrected chi connectivity index (χ3v) is 5.29. The van der Waals surface area contributed by atoms with Gasteiger partial charge in [0, 0.05) is 0 Å². The van der Waals surface area contributed by atoms with E-state index in [9.17, 15) is 0 Å². The largest absolute Gasteiger partial charge is 0.222 e. The third-order valence-electron chi connectivity index (χ3n) is 2.17. The molecule has 0 spiro atoms. The zero-order valence-electron chi connectivity index (χ0n) is 8.99. The molecule has 0 fully saturated rings. The lowest BCUT2D eigenvalue weighted by Crippen LogP contribution is -2.07. The van der Waals surface area contributed by atoms with Gasteiger partial charge in [0.1, 0.15) is 0 Å². The van der Waals surface area contributed by atoms with Gasteiger partial charge in [-0.1, -0.05) is 58.0 Å². The third kappa shape index (κ3) is 2.77. The molecule has 0 atom stereocenters. The maximum absolute atomic E-state index is 2.33. The van der Waals surface area contributed by atoms with Crippen molar-refractivity contribution in [2.24, 2.45) is 0 Å². The first-order chi connectivity index (χ1) is 6.13. The first kappa shape index (κ1) is 10.6. The van der Waals surface area contributed by atoms with Crippen LogP contribution < -0.4 is 0 Å². The second kappa shape index (κ2) is 4.71. The Bertz CT molecular complexity index is 231. The Balaban J connectivity index is 2.89. The summed E-state index contributed by atoms with van der Waals surface area (Å²) in [6, 6.07) is 10.9. The van der Waals surface area contributed by atoms with Crippen molar-refractivity contribution in [2.45, 2.75) is 43.1 Å². The summed E-state index contributed by atoms with van der Waals surface area (Å²) in [4.78, 5) is 1.54. The molecule has 0 amide bonds. The average molecular weight is 196 g/mol. The molecule has 1 aromatic carbocycles. The molecule has 74 valence electrons. The minimum absolute atomic E-state index is 0.0262. The topological polar surface area (TPSA) is 0 Å². The van der Waals surface area contributed by atoms with Gasteiger partial charge in [-0.25, -0.2) is 10.9 Å². The van der Waals surface area contributed by atoms with Crippen LogP contribution in [0.3, 0.4) is 0 Å². The molecule has 1 aromatic rings. The molecule has 0 aromatic heterocycles. The molecule has 0 N–H and O–H groups in total. The molecule has 1 rings (SSSR count). The molecular formula is C12H20S. The van der Waals surface area contributed by atoms with E-state index in [2.05, 4.69) is 58.0 Å². The van der Waals surface area contributed by atoms with E-state index in [-0.39, 0.29) is 10.9 Å². The van der Waals surface area contributed by atoms with Gasteiger partial charge >= 0.3 is 0 Å². The average Bonchev–Trinajstić information content (AvgIpc) is 2.04. The van der Waals surface area contributed by atoms with Crippen molar-refractivity contribution in [3.8, 4) is 0 Å². The standard InChI is InChI=1S/C12H20S/c1-10(2)13(11(3)4)12-8-6-5-7-9-12/h5-11,13H,1-4H3. The minimum Gasteiger partial charge on any atom is -0.222 e. The van der Waals surface area contributed by atoms with Gasteiger partial charge in [-0.15, -0.1) is 0 Å². The van der Waals surface area contributed by atoms with Crippen LogP contribution in [0.5, 0.6) is 0 Å². The number of benzene rings is 1. The van der Waals surface area contributed by atoms with Crippen LogP contribution in [0.15, 0.2) is 35.2 Å². The highest BCUT2D eigenvalue weighted by Crippen LogP contribution is 2.44. The fourth-order valence-corrected chi connectivity index (χ4v) is 4.69. The van der Waals surface area contributed by atoms with Gasteiger partial charge in [-0.2, -0.15) is 0 Å². The molecule has 0 saturated heterocycles. The summed E-state index contributed by atoms with van der Waals surface area (Å²) >= 11 is 0. The monoisotopic (exact) mass is 196 g/mol. The van der Waals surface area contributed by atoms with E-state index in [1.807, 2.05) is 0 Å². The van der Waals surface area contributed by atoms with Crippen molar-refractivity contribution < 1.29 is 0 Å². The van der Waals surface area contributed by atoms with Crippen LogP contribution in [-0.2, 0) is 0 Å². The molecule has 0 bridgehead atoms. The number of hydrogen-bond donors (Lipinski definition) is 1. The van der Waals surface area contributed by atoms with Gasteiger partial charge in [-0.3, -0.25) is 0 Å². The SMILES string of the molecule is CC(C)[SH](c1ccccc1)C(C)C. The summed E-state index contributed by atoms with van der Waals surface area (Å²) in [5.74, 6) is 0. The van der Waals surface area contributed by atoms with Crippen molar-refractivity contribution >= 4 is 10.9 Å². The molecule has 0 unspecified atom stereocenters. The molecular weight excluding hydrogens is 176 g/mol. The highest BCUT2D eigenvalue weighted by Gasteiger charge is 2.14. The van der Waals surface area contributed by atoms with Crippen LogP contribution >= 0.6 is 10.9 Å². The number of hydrogen-bond acceptors (Lipinski definition) is 0. The zero-order chi connectivity index (χ0) is 9.84. The summed E-state index contributed by atoms with van der Waals surface area (Å²) < 4.78 is 0. The summed E-state index contributed by atoms with van der Waals surface area (Å²) in [5.41, 5.74) is 0. The number of thiol groups is 1. The van der Waals surface area contributed by atoms with Crippen LogP contribution in [0.2, 0.25) is 0 Å². The predicted octanol–water partition coefficient (Wildman–Crippen LogP) is 3.86. The van der Waals surface area contributed by atoms with Crippen LogP contribution in [-0.4, -0.2) is 10.5 Å². The van der Waals surface area contributed by atoms with E-state index >= 15 is 0 Å². The van der Waals surface area contributed by atoms with Crippen LogP contribution in [0.25, 0.3) is 0 Å². The van der Waals surface area contributed by atoms with Crippen molar-refractivity contribution in [1.29, 1.82) is 0 Å². The lowest BCUT2D eigenvalue weighted by atomic mass is 10.4. The van der Waals surface area contributed by atoms with Crippen LogP contribution in [0.1, 0.15) is 27.7 Å². The Hall–Kier alpha value is -0.430. The molecule has 0 aliphatic rings. The normalized spacial score (nSPS) is 12.3. The van der Waals surface area contributed by atoms with E-state index in [0.717, 1.165) is 10.5 Å². The molecule has 0 radical (unpaired) electrons. The fourth-order valence-electron chi connectivity index (χ4n) is 1.79. The highest BCUT2D eigenvalue weighted by molar-refractivity contribution is 8.18. The lowest BCUT2D eigenvalue weighted by Gasteiger charge is -2.30. The first-order valence-corrected chi connectivity index (χ1v) is 6.44. The summed E-state index contributed by atoms with van der Waals surface area (Å²) in [6.07, 6.45) is 0. The van der Waals surface area contributed by atoms with E-state index in [1.165, 1.54) is 0 Å². The van der Waals surface area contributed by atoms with Crippen molar-refractivity contribution in [2.75, 3.05) is 0 Å². The van der Waals surface area contributed by atoms with Gasteiger partial charge in [0.15, 0.2) is 0 Å². The van der Waals surface area contributed by atoms with E-state index in [1.54, 1.807) is 4.90 Å². The highest BCUT2D eigenvalue weighted by atomic mass is 32.2. The van der Waals surface area contributed by atoms with Gasteiger partial charge < -0.3 is 0 Å². The summed E-state index contributed by atoms with van der Waals surface area (Å²) in [6.45, 7) is 9.33. The Morgan fingerprint density at radius 1 is 0.846 bits per heavy atom. The van der Waals surface area contributed by atoms with Gasteiger partial charge in [0.2, 0.25) is 0 Å². The molecule has 1 heteroatoms. The van der Waals surface area contributed by atoms with Gasteiger partial charge in [0.05, 0.1) is 0 Å². The molecule has 0 heterocycles. The zero-order valence-corrected chi connectivity index (χ0v) is 9.88. The van der Waals surface area contributed by atoms with Gasteiger partial charge in [-0.05, 0) is 15.4 Å². The lowest BCUT2D eigenvalue weighted by molar-refractivity contribution is 1.02. The second-order valence-corrected chi connectivity index (χ2v) is 7.33. The molecule has 0 nitrogen and oxygen atoms in total. The molecule has 0 aliphatic carbocycles. The fraction of sp³-hybridized carbons (Fsp3) is 0.500. The Morgan fingerprint density at radius 3 is 1.69 bits per heavy atom.